The lowest BCUT2D eigenvalue weighted by atomic mass is 10.1. The first-order valence-electron chi connectivity index (χ1n) is 6.21. The minimum absolute atomic E-state index is 0.156. The second-order valence-electron chi connectivity index (χ2n) is 4.60. The van der Waals surface area contributed by atoms with Crippen LogP contribution in [0.2, 0.25) is 0 Å². The number of rotatable bonds is 8. The number of thiophene rings is 1. The molecule has 5 nitrogen and oxygen atoms in total. The topological polar surface area (TPSA) is 61.8 Å². The number of nitrogens with one attached hydrogen (secondary N) is 1. The SMILES string of the molecule is COC(=O)CC(NCCN(C)C)C(O)c1cccs1. The Kier molecular flexibility index (Phi) is 7.01. The van der Waals surface area contributed by atoms with Gasteiger partial charge in [-0.1, -0.05) is 6.07 Å². The number of likely N-dealkylation sites (N-methyl/N-ethyl adjacent to an activating group) is 1. The van der Waals surface area contributed by atoms with Gasteiger partial charge in [0.25, 0.3) is 0 Å². The normalized spacial score (nSPS) is 14.4. The van der Waals surface area contributed by atoms with Crippen molar-refractivity contribution in [2.24, 2.45) is 0 Å². The van der Waals surface area contributed by atoms with Crippen molar-refractivity contribution in [2.45, 2.75) is 18.6 Å². The van der Waals surface area contributed by atoms with Crippen molar-refractivity contribution in [3.05, 3.63) is 22.4 Å². The van der Waals surface area contributed by atoms with Crippen LogP contribution in [0.25, 0.3) is 0 Å². The number of hydrogen-bond donors (Lipinski definition) is 2. The maximum absolute atomic E-state index is 11.4. The maximum atomic E-state index is 11.4. The second-order valence-corrected chi connectivity index (χ2v) is 5.58. The molecule has 0 spiro atoms. The van der Waals surface area contributed by atoms with Crippen LogP contribution in [0.3, 0.4) is 0 Å². The summed E-state index contributed by atoms with van der Waals surface area (Å²) in [4.78, 5) is 14.3. The van der Waals surface area contributed by atoms with E-state index < -0.39 is 6.10 Å². The molecule has 1 heterocycles. The van der Waals surface area contributed by atoms with Crippen LogP contribution in [0.5, 0.6) is 0 Å². The molecule has 0 saturated heterocycles. The van der Waals surface area contributed by atoms with Crippen molar-refractivity contribution in [3.63, 3.8) is 0 Å². The van der Waals surface area contributed by atoms with E-state index in [9.17, 15) is 9.90 Å². The molecule has 0 aromatic carbocycles. The highest BCUT2D eigenvalue weighted by Crippen LogP contribution is 2.23. The molecule has 1 rings (SSSR count). The van der Waals surface area contributed by atoms with Crippen LogP contribution in [0, 0.1) is 0 Å². The number of ether oxygens (including phenoxy) is 1. The van der Waals surface area contributed by atoms with Crippen molar-refractivity contribution in [2.75, 3.05) is 34.3 Å². The average Bonchev–Trinajstić information content (AvgIpc) is 2.89. The minimum atomic E-state index is -0.693. The standard InChI is InChI=1S/C13H22N2O3S/c1-15(2)7-6-14-10(9-12(16)18-3)13(17)11-5-4-8-19-11/h4-5,8,10,13-14,17H,6-7,9H2,1-3H3. The Morgan fingerprint density at radius 1 is 1.58 bits per heavy atom. The monoisotopic (exact) mass is 286 g/mol. The van der Waals surface area contributed by atoms with Gasteiger partial charge in [-0.3, -0.25) is 4.79 Å². The maximum Gasteiger partial charge on any atom is 0.307 e. The van der Waals surface area contributed by atoms with E-state index in [4.69, 9.17) is 0 Å². The van der Waals surface area contributed by atoms with Gasteiger partial charge in [0.05, 0.1) is 13.5 Å². The van der Waals surface area contributed by atoms with Crippen LogP contribution in [0.15, 0.2) is 17.5 Å². The molecule has 0 aliphatic rings. The number of carbonyl (C=O) groups is 1. The van der Waals surface area contributed by atoms with Gasteiger partial charge in [-0.15, -0.1) is 11.3 Å². The first kappa shape index (κ1) is 16.1. The third kappa shape index (κ3) is 5.69. The first-order chi connectivity index (χ1) is 9.04. The summed E-state index contributed by atoms with van der Waals surface area (Å²) in [7, 11) is 5.32. The molecule has 0 bridgehead atoms. The highest BCUT2D eigenvalue weighted by Gasteiger charge is 2.24. The molecule has 2 unspecified atom stereocenters. The van der Waals surface area contributed by atoms with Gasteiger partial charge in [0, 0.05) is 24.0 Å². The van der Waals surface area contributed by atoms with Crippen LogP contribution in [-0.2, 0) is 9.53 Å². The highest BCUT2D eigenvalue weighted by molar-refractivity contribution is 7.10. The van der Waals surface area contributed by atoms with Crippen LogP contribution in [-0.4, -0.2) is 56.3 Å². The van der Waals surface area contributed by atoms with Crippen molar-refractivity contribution in [3.8, 4) is 0 Å². The zero-order valence-electron chi connectivity index (χ0n) is 11.6. The van der Waals surface area contributed by atoms with Gasteiger partial charge in [-0.25, -0.2) is 0 Å². The molecule has 0 amide bonds. The van der Waals surface area contributed by atoms with Crippen molar-refractivity contribution in [1.29, 1.82) is 0 Å². The van der Waals surface area contributed by atoms with E-state index in [1.54, 1.807) is 0 Å². The van der Waals surface area contributed by atoms with Crippen molar-refractivity contribution in [1.82, 2.24) is 10.2 Å². The summed E-state index contributed by atoms with van der Waals surface area (Å²) in [6.07, 6.45) is -0.538. The van der Waals surface area contributed by atoms with Gasteiger partial charge in [0.15, 0.2) is 0 Å². The van der Waals surface area contributed by atoms with E-state index in [0.717, 1.165) is 11.4 Å². The summed E-state index contributed by atoms with van der Waals surface area (Å²) < 4.78 is 4.68. The fourth-order valence-corrected chi connectivity index (χ4v) is 2.46. The molecule has 0 aliphatic carbocycles. The molecule has 108 valence electrons. The molecule has 2 N–H and O–H groups in total. The fraction of sp³-hybridized carbons (Fsp3) is 0.615. The fourth-order valence-electron chi connectivity index (χ4n) is 1.69. The van der Waals surface area contributed by atoms with Gasteiger partial charge >= 0.3 is 5.97 Å². The van der Waals surface area contributed by atoms with E-state index >= 15 is 0 Å². The zero-order valence-corrected chi connectivity index (χ0v) is 12.4. The molecule has 2 atom stereocenters. The number of methoxy groups -OCH3 is 1. The Hall–Kier alpha value is -0.950. The summed E-state index contributed by atoms with van der Waals surface area (Å²) in [6, 6.07) is 3.43. The average molecular weight is 286 g/mol. The van der Waals surface area contributed by atoms with E-state index in [2.05, 4.69) is 10.1 Å². The lowest BCUT2D eigenvalue weighted by Gasteiger charge is -2.23. The molecule has 0 radical (unpaired) electrons. The van der Waals surface area contributed by atoms with Gasteiger partial charge < -0.3 is 20.1 Å². The van der Waals surface area contributed by atoms with Crippen LogP contribution in [0.1, 0.15) is 17.4 Å². The Morgan fingerprint density at radius 2 is 2.32 bits per heavy atom. The molecule has 0 saturated carbocycles. The number of aliphatic hydroxyl groups is 1. The summed E-state index contributed by atoms with van der Waals surface area (Å²) >= 11 is 1.48. The highest BCUT2D eigenvalue weighted by atomic mass is 32.1. The molecule has 1 aromatic heterocycles. The third-order valence-electron chi connectivity index (χ3n) is 2.80. The van der Waals surface area contributed by atoms with Crippen molar-refractivity contribution >= 4 is 17.3 Å². The van der Waals surface area contributed by atoms with E-state index in [1.807, 2.05) is 36.5 Å². The smallest absolute Gasteiger partial charge is 0.307 e. The third-order valence-corrected chi connectivity index (χ3v) is 3.74. The Balaban J connectivity index is 2.60. The first-order valence-corrected chi connectivity index (χ1v) is 7.09. The van der Waals surface area contributed by atoms with Crippen LogP contribution < -0.4 is 5.32 Å². The Morgan fingerprint density at radius 3 is 2.84 bits per heavy atom. The summed E-state index contributed by atoms with van der Waals surface area (Å²) in [5.74, 6) is -0.321. The van der Waals surface area contributed by atoms with Gasteiger partial charge in [0.2, 0.25) is 0 Å². The largest absolute Gasteiger partial charge is 0.469 e. The van der Waals surface area contributed by atoms with Crippen LogP contribution >= 0.6 is 11.3 Å². The molecular formula is C13H22N2O3S. The minimum Gasteiger partial charge on any atom is -0.469 e. The number of esters is 1. The van der Waals surface area contributed by atoms with E-state index in [0.29, 0.717) is 6.54 Å². The summed E-state index contributed by atoms with van der Waals surface area (Å²) in [6.45, 7) is 1.55. The van der Waals surface area contributed by atoms with Gasteiger partial charge in [-0.05, 0) is 25.5 Å². The number of carbonyl (C=O) groups excluding carboxylic acids is 1. The summed E-state index contributed by atoms with van der Waals surface area (Å²) in [5, 5.41) is 15.4. The zero-order chi connectivity index (χ0) is 14.3. The van der Waals surface area contributed by atoms with Gasteiger partial charge in [-0.2, -0.15) is 0 Å². The predicted molar refractivity (Wildman–Crippen MR) is 76.3 cm³/mol. The summed E-state index contributed by atoms with van der Waals surface area (Å²) in [5.41, 5.74) is 0. The molecule has 0 aliphatic heterocycles. The molecule has 6 heteroatoms. The molecule has 0 fully saturated rings. The lowest BCUT2D eigenvalue weighted by Crippen LogP contribution is -2.40. The molecular weight excluding hydrogens is 264 g/mol. The van der Waals surface area contributed by atoms with E-state index in [-0.39, 0.29) is 18.4 Å². The van der Waals surface area contributed by atoms with Gasteiger partial charge in [0.1, 0.15) is 6.10 Å². The second kappa shape index (κ2) is 8.27. The Bertz CT molecular complexity index is 368. The predicted octanol–water partition coefficient (Wildman–Crippen LogP) is 0.864. The molecule has 19 heavy (non-hydrogen) atoms. The quantitative estimate of drug-likeness (QED) is 0.694. The van der Waals surface area contributed by atoms with Crippen LogP contribution in [0.4, 0.5) is 0 Å². The van der Waals surface area contributed by atoms with Crippen molar-refractivity contribution < 1.29 is 14.6 Å². The Labute approximate surface area is 118 Å². The number of aliphatic hydroxyl groups excluding tert-OH is 1. The number of nitrogens with zero attached hydrogens (tertiary/aromatic N) is 1. The number of hydrogen-bond acceptors (Lipinski definition) is 6. The lowest BCUT2D eigenvalue weighted by molar-refractivity contribution is -0.142. The van der Waals surface area contributed by atoms with E-state index in [1.165, 1.54) is 18.4 Å². The molecule has 1 aromatic rings.